The van der Waals surface area contributed by atoms with E-state index in [0.29, 0.717) is 56.2 Å². The van der Waals surface area contributed by atoms with Gasteiger partial charge in [-0.3, -0.25) is 9.59 Å². The number of aromatic hydroxyl groups is 1. The number of hydrogen-bond donors (Lipinski definition) is 1. The van der Waals surface area contributed by atoms with Gasteiger partial charge in [-0.25, -0.2) is 4.79 Å². The van der Waals surface area contributed by atoms with E-state index >= 15 is 0 Å². The van der Waals surface area contributed by atoms with Gasteiger partial charge in [0.15, 0.2) is 6.61 Å². The lowest BCUT2D eigenvalue weighted by Gasteiger charge is -2.40. The summed E-state index contributed by atoms with van der Waals surface area (Å²) in [6, 6.07) is 20.7. The van der Waals surface area contributed by atoms with Crippen LogP contribution in [0.25, 0.3) is 11.1 Å². The molecular formula is C37H45N3O7. The summed E-state index contributed by atoms with van der Waals surface area (Å²) in [7, 11) is 1.63. The number of carbonyl (C=O) groups is 3. The van der Waals surface area contributed by atoms with Crippen LogP contribution in [0.5, 0.6) is 11.5 Å². The van der Waals surface area contributed by atoms with Crippen molar-refractivity contribution in [3.63, 3.8) is 0 Å². The fourth-order valence-corrected chi connectivity index (χ4v) is 6.33. The molecule has 1 N–H and O–H groups in total. The number of benzene rings is 3. The van der Waals surface area contributed by atoms with E-state index in [0.717, 1.165) is 16.7 Å². The molecule has 3 aromatic carbocycles. The van der Waals surface area contributed by atoms with Gasteiger partial charge in [-0.15, -0.1) is 0 Å². The van der Waals surface area contributed by atoms with Crippen LogP contribution in [0.15, 0.2) is 66.7 Å². The van der Waals surface area contributed by atoms with Gasteiger partial charge in [-0.2, -0.15) is 0 Å². The smallest absolute Gasteiger partial charge is 0.410 e. The Kier molecular flexibility index (Phi) is 10.4. The minimum atomic E-state index is -0.668. The average molecular weight is 644 g/mol. The van der Waals surface area contributed by atoms with Crippen molar-refractivity contribution in [1.82, 2.24) is 4.90 Å². The normalized spacial score (nSPS) is 17.9. The molecule has 0 aliphatic carbocycles. The van der Waals surface area contributed by atoms with Crippen molar-refractivity contribution >= 4 is 29.3 Å². The molecule has 2 aliphatic rings. The summed E-state index contributed by atoms with van der Waals surface area (Å²) >= 11 is 0. The Bertz CT molecular complexity index is 1580. The number of carbonyl (C=O) groups excluding carboxylic acids is 3. The second-order valence-corrected chi connectivity index (χ2v) is 13.0. The lowest BCUT2D eigenvalue weighted by atomic mass is 9.79. The number of likely N-dealkylation sites (tertiary alicyclic amines) is 1. The monoisotopic (exact) mass is 643 g/mol. The molecule has 0 unspecified atom stereocenters. The second-order valence-electron chi connectivity index (χ2n) is 13.0. The average Bonchev–Trinajstić information content (AvgIpc) is 3.05. The van der Waals surface area contributed by atoms with Crippen molar-refractivity contribution in [3.8, 4) is 22.6 Å². The van der Waals surface area contributed by atoms with Crippen LogP contribution in [0.1, 0.15) is 52.0 Å². The Morgan fingerprint density at radius 2 is 1.81 bits per heavy atom. The van der Waals surface area contributed by atoms with E-state index < -0.39 is 17.6 Å². The summed E-state index contributed by atoms with van der Waals surface area (Å²) in [6.07, 6.45) is 0.799. The lowest BCUT2D eigenvalue weighted by Crippen LogP contribution is -2.51. The molecule has 5 rings (SSSR count). The predicted molar refractivity (Wildman–Crippen MR) is 181 cm³/mol. The number of ether oxygens (including phenoxy) is 3. The van der Waals surface area contributed by atoms with Gasteiger partial charge in [0.1, 0.15) is 17.1 Å². The maximum Gasteiger partial charge on any atom is 0.410 e. The highest BCUT2D eigenvalue weighted by Gasteiger charge is 2.40. The number of phenolic OH excluding ortho intramolecular Hbond substituents is 1. The van der Waals surface area contributed by atoms with Gasteiger partial charge in [0, 0.05) is 45.6 Å². The molecule has 2 aliphatic heterocycles. The van der Waals surface area contributed by atoms with Crippen LogP contribution in [0.4, 0.5) is 16.2 Å². The summed E-state index contributed by atoms with van der Waals surface area (Å²) in [5, 5.41) is 9.79. The molecule has 10 heteroatoms. The Balaban J connectivity index is 1.48. The molecule has 10 nitrogen and oxygen atoms in total. The van der Waals surface area contributed by atoms with Gasteiger partial charge >= 0.3 is 6.09 Å². The van der Waals surface area contributed by atoms with E-state index in [1.165, 1.54) is 0 Å². The van der Waals surface area contributed by atoms with Gasteiger partial charge in [-0.05, 0) is 93.5 Å². The summed E-state index contributed by atoms with van der Waals surface area (Å²) in [5.41, 5.74) is 3.54. The van der Waals surface area contributed by atoms with Crippen LogP contribution in [-0.2, 0) is 19.1 Å². The van der Waals surface area contributed by atoms with Gasteiger partial charge in [0.25, 0.3) is 5.91 Å². The van der Waals surface area contributed by atoms with Crippen molar-refractivity contribution in [2.75, 3.05) is 56.3 Å². The number of anilines is 2. The molecule has 0 spiro atoms. The van der Waals surface area contributed by atoms with Crippen molar-refractivity contribution < 1.29 is 33.7 Å². The van der Waals surface area contributed by atoms with E-state index in [2.05, 4.69) is 6.07 Å². The highest BCUT2D eigenvalue weighted by atomic mass is 16.6. The van der Waals surface area contributed by atoms with Crippen LogP contribution in [0, 0.1) is 5.92 Å². The Hall–Kier alpha value is -4.57. The Morgan fingerprint density at radius 1 is 1.04 bits per heavy atom. The van der Waals surface area contributed by atoms with Crippen molar-refractivity contribution in [3.05, 3.63) is 72.3 Å². The number of rotatable bonds is 9. The molecule has 3 amide bonds. The maximum absolute atomic E-state index is 14.7. The standard InChI is InChI=1S/C37H45N3O7/c1-6-39(28-13-16-33-32(22-28)40(18-8-20-45-5)34(42)24-46-33)35(43)31-23-38(36(44)47-37(2,3)4)19-17-30(31)27-10-7-9-26(21-27)25-11-14-29(41)15-12-25/h7,9-16,21-22,30-31,41H,6,8,17-20,23-24H2,1-5H3/t30-,31+/m1/s1. The number of nitrogens with zero attached hydrogens (tertiary/aromatic N) is 3. The number of phenols is 1. The van der Waals surface area contributed by atoms with E-state index in [4.69, 9.17) is 14.2 Å². The van der Waals surface area contributed by atoms with Crippen LogP contribution in [0.3, 0.4) is 0 Å². The third-order valence-electron chi connectivity index (χ3n) is 8.61. The first-order valence-electron chi connectivity index (χ1n) is 16.2. The van der Waals surface area contributed by atoms with Gasteiger partial charge in [-0.1, -0.05) is 36.4 Å². The molecule has 1 fully saturated rings. The molecule has 3 aromatic rings. The first-order chi connectivity index (χ1) is 22.5. The molecule has 47 heavy (non-hydrogen) atoms. The number of amides is 3. The quantitative estimate of drug-likeness (QED) is 0.276. The fraction of sp³-hybridized carbons (Fsp3) is 0.432. The molecule has 2 atom stereocenters. The molecule has 0 aromatic heterocycles. The molecule has 0 bridgehead atoms. The van der Waals surface area contributed by atoms with Crippen molar-refractivity contribution in [2.45, 2.75) is 52.1 Å². The third kappa shape index (κ3) is 7.88. The zero-order valence-corrected chi connectivity index (χ0v) is 27.9. The van der Waals surface area contributed by atoms with Crippen LogP contribution < -0.4 is 14.5 Å². The van der Waals surface area contributed by atoms with Crippen LogP contribution >= 0.6 is 0 Å². The zero-order chi connectivity index (χ0) is 33.7. The van der Waals surface area contributed by atoms with Crippen LogP contribution in [-0.4, -0.2) is 80.0 Å². The lowest BCUT2D eigenvalue weighted by molar-refractivity contribution is -0.124. The minimum Gasteiger partial charge on any atom is -0.508 e. The number of methoxy groups -OCH3 is 1. The first kappa shape index (κ1) is 33.8. The van der Waals surface area contributed by atoms with E-state index in [1.807, 2.05) is 76.2 Å². The summed E-state index contributed by atoms with van der Waals surface area (Å²) in [5.74, 6) is -0.199. The van der Waals surface area contributed by atoms with Crippen molar-refractivity contribution in [1.29, 1.82) is 0 Å². The topological polar surface area (TPSA) is 109 Å². The van der Waals surface area contributed by atoms with Crippen molar-refractivity contribution in [2.24, 2.45) is 5.92 Å². The Morgan fingerprint density at radius 3 is 2.51 bits per heavy atom. The maximum atomic E-state index is 14.7. The fourth-order valence-electron chi connectivity index (χ4n) is 6.33. The number of fused-ring (bicyclic) bond motifs is 1. The highest BCUT2D eigenvalue weighted by molar-refractivity contribution is 6.01. The molecule has 1 saturated heterocycles. The molecule has 2 heterocycles. The predicted octanol–water partition coefficient (Wildman–Crippen LogP) is 6.21. The largest absolute Gasteiger partial charge is 0.508 e. The van der Waals surface area contributed by atoms with E-state index in [9.17, 15) is 19.5 Å². The minimum absolute atomic E-state index is 0.0385. The summed E-state index contributed by atoms with van der Waals surface area (Å²) in [4.78, 5) is 45.8. The number of hydrogen-bond acceptors (Lipinski definition) is 7. The van der Waals surface area contributed by atoms with E-state index in [1.54, 1.807) is 33.9 Å². The Labute approximate surface area is 276 Å². The van der Waals surface area contributed by atoms with Gasteiger partial charge in [0.2, 0.25) is 5.91 Å². The van der Waals surface area contributed by atoms with Gasteiger partial charge < -0.3 is 34.0 Å². The molecule has 0 radical (unpaired) electrons. The molecule has 250 valence electrons. The first-order valence-corrected chi connectivity index (χ1v) is 16.2. The third-order valence-corrected chi connectivity index (χ3v) is 8.61. The second kappa shape index (κ2) is 14.5. The molecule has 0 saturated carbocycles. The SMILES string of the molecule is CCN(C(=O)[C@H]1CN(C(=O)OC(C)(C)C)CC[C@@H]1c1cccc(-c2ccc(O)cc2)c1)c1ccc2c(c1)N(CCCOC)C(=O)CO2. The van der Waals surface area contributed by atoms with E-state index in [-0.39, 0.29) is 36.6 Å². The number of piperidine rings is 1. The zero-order valence-electron chi connectivity index (χ0n) is 27.9. The van der Waals surface area contributed by atoms with Crippen LogP contribution in [0.2, 0.25) is 0 Å². The molecular weight excluding hydrogens is 598 g/mol. The summed E-state index contributed by atoms with van der Waals surface area (Å²) < 4.78 is 16.6. The highest BCUT2D eigenvalue weighted by Crippen LogP contribution is 2.40. The van der Waals surface area contributed by atoms with Gasteiger partial charge in [0.05, 0.1) is 11.6 Å². The summed E-state index contributed by atoms with van der Waals surface area (Å²) in [6.45, 7) is 9.41.